The summed E-state index contributed by atoms with van der Waals surface area (Å²) >= 11 is 0. The van der Waals surface area contributed by atoms with Crippen LogP contribution in [0.4, 0.5) is 0 Å². The number of carbonyl (C=O) groups excluding carboxylic acids is 1. The van der Waals surface area contributed by atoms with Crippen molar-refractivity contribution in [2.45, 2.75) is 57.7 Å². The van der Waals surface area contributed by atoms with Crippen LogP contribution in [0.2, 0.25) is 0 Å². The molecule has 0 amide bonds. The molecule has 3 heteroatoms. The van der Waals surface area contributed by atoms with Crippen molar-refractivity contribution in [2.75, 3.05) is 6.61 Å². The van der Waals surface area contributed by atoms with Crippen LogP contribution in [0.1, 0.15) is 46.0 Å². The Bertz CT molecular complexity index is 245. The van der Waals surface area contributed by atoms with E-state index in [1.54, 1.807) is 0 Å². The molecule has 0 aromatic heterocycles. The largest absolute Gasteiger partial charge is 0.464 e. The lowest BCUT2D eigenvalue weighted by molar-refractivity contribution is -0.148. The molecule has 1 aliphatic carbocycles. The van der Waals surface area contributed by atoms with Crippen LogP contribution in [0.15, 0.2) is 0 Å². The van der Waals surface area contributed by atoms with E-state index >= 15 is 0 Å². The first-order chi connectivity index (χ1) is 7.18. The van der Waals surface area contributed by atoms with Crippen LogP contribution in [-0.2, 0) is 14.3 Å². The predicted octanol–water partition coefficient (Wildman–Crippen LogP) is 2.29. The first kappa shape index (κ1) is 10.9. The highest BCUT2D eigenvalue weighted by Gasteiger charge is 2.62. The molecule has 0 aromatic carbocycles. The lowest BCUT2D eigenvalue weighted by Crippen LogP contribution is -2.29. The molecule has 86 valence electrons. The van der Waals surface area contributed by atoms with Gasteiger partial charge in [-0.05, 0) is 32.6 Å². The van der Waals surface area contributed by atoms with E-state index in [4.69, 9.17) is 9.47 Å². The zero-order chi connectivity index (χ0) is 10.9. The Morgan fingerprint density at radius 3 is 2.67 bits per heavy atom. The monoisotopic (exact) mass is 212 g/mol. The third kappa shape index (κ3) is 2.03. The maximum Gasteiger partial charge on any atom is 0.340 e. The van der Waals surface area contributed by atoms with E-state index in [-0.39, 0.29) is 12.1 Å². The molecule has 1 saturated heterocycles. The topological polar surface area (TPSA) is 38.8 Å². The van der Waals surface area contributed by atoms with Gasteiger partial charge in [-0.1, -0.05) is 19.3 Å². The average molecular weight is 212 g/mol. The van der Waals surface area contributed by atoms with Gasteiger partial charge in [-0.25, -0.2) is 4.79 Å². The molecule has 2 fully saturated rings. The van der Waals surface area contributed by atoms with Gasteiger partial charge >= 0.3 is 5.97 Å². The summed E-state index contributed by atoms with van der Waals surface area (Å²) in [4.78, 5) is 11.6. The van der Waals surface area contributed by atoms with Gasteiger partial charge in [-0.3, -0.25) is 0 Å². The number of hydrogen-bond acceptors (Lipinski definition) is 3. The Balaban J connectivity index is 1.89. The molecule has 2 rings (SSSR count). The molecular weight excluding hydrogens is 192 g/mol. The molecule has 15 heavy (non-hydrogen) atoms. The summed E-state index contributed by atoms with van der Waals surface area (Å²) in [6, 6.07) is 0. The quantitative estimate of drug-likeness (QED) is 0.532. The van der Waals surface area contributed by atoms with Crippen molar-refractivity contribution in [1.82, 2.24) is 0 Å². The zero-order valence-corrected chi connectivity index (χ0v) is 9.62. The Morgan fingerprint density at radius 2 is 2.07 bits per heavy atom. The fraction of sp³-hybridized carbons (Fsp3) is 0.917. The van der Waals surface area contributed by atoms with E-state index in [9.17, 15) is 4.79 Å². The minimum Gasteiger partial charge on any atom is -0.464 e. The highest BCUT2D eigenvalue weighted by atomic mass is 16.7. The average Bonchev–Trinajstić information content (AvgIpc) is 2.94. The molecule has 0 radical (unpaired) electrons. The Hall–Kier alpha value is -0.570. The summed E-state index contributed by atoms with van der Waals surface area (Å²) in [6.45, 7) is 4.14. The Labute approximate surface area is 91.1 Å². The van der Waals surface area contributed by atoms with Gasteiger partial charge in [0, 0.05) is 0 Å². The van der Waals surface area contributed by atoms with Crippen molar-refractivity contribution < 1.29 is 14.3 Å². The highest BCUT2D eigenvalue weighted by Crippen LogP contribution is 2.46. The minimum atomic E-state index is -0.627. The van der Waals surface area contributed by atoms with E-state index < -0.39 is 5.60 Å². The van der Waals surface area contributed by atoms with Crippen LogP contribution in [-0.4, -0.2) is 24.3 Å². The van der Waals surface area contributed by atoms with Crippen LogP contribution >= 0.6 is 0 Å². The van der Waals surface area contributed by atoms with E-state index in [1.165, 1.54) is 32.1 Å². The molecule has 0 aromatic rings. The van der Waals surface area contributed by atoms with Crippen molar-refractivity contribution in [3.8, 4) is 0 Å². The van der Waals surface area contributed by atoms with Crippen LogP contribution in [0.5, 0.6) is 0 Å². The van der Waals surface area contributed by atoms with Gasteiger partial charge in [0.15, 0.2) is 5.60 Å². The third-order valence-electron chi connectivity index (χ3n) is 3.62. The van der Waals surface area contributed by atoms with Crippen molar-refractivity contribution in [3.05, 3.63) is 0 Å². The van der Waals surface area contributed by atoms with Crippen LogP contribution in [0.3, 0.4) is 0 Å². The highest BCUT2D eigenvalue weighted by molar-refractivity contribution is 5.82. The zero-order valence-electron chi connectivity index (χ0n) is 9.62. The van der Waals surface area contributed by atoms with Gasteiger partial charge in [0.25, 0.3) is 0 Å². The molecule has 0 N–H and O–H groups in total. The molecule has 2 atom stereocenters. The number of esters is 1. The summed E-state index contributed by atoms with van der Waals surface area (Å²) in [5.41, 5.74) is -0.627. The first-order valence-corrected chi connectivity index (χ1v) is 6.03. The number of rotatable bonds is 3. The predicted molar refractivity (Wildman–Crippen MR) is 56.5 cm³/mol. The number of hydrogen-bond donors (Lipinski definition) is 0. The fourth-order valence-electron chi connectivity index (χ4n) is 2.65. The summed E-state index contributed by atoms with van der Waals surface area (Å²) in [7, 11) is 0. The molecule has 2 aliphatic rings. The van der Waals surface area contributed by atoms with Gasteiger partial charge in [-0.15, -0.1) is 0 Å². The third-order valence-corrected chi connectivity index (χ3v) is 3.62. The molecule has 0 spiro atoms. The number of ether oxygens (including phenoxy) is 2. The first-order valence-electron chi connectivity index (χ1n) is 6.03. The second kappa shape index (κ2) is 4.12. The van der Waals surface area contributed by atoms with Crippen molar-refractivity contribution in [3.63, 3.8) is 0 Å². The van der Waals surface area contributed by atoms with E-state index in [2.05, 4.69) is 0 Å². The molecule has 0 bridgehead atoms. The minimum absolute atomic E-state index is 0.122. The Morgan fingerprint density at radius 1 is 1.40 bits per heavy atom. The lowest BCUT2D eigenvalue weighted by Gasteiger charge is -2.20. The van der Waals surface area contributed by atoms with Gasteiger partial charge in [0.1, 0.15) is 6.10 Å². The SMILES string of the molecule is CCOC(=O)[C@@]1(C)O[C@@H]1C1CCCCC1. The summed E-state index contributed by atoms with van der Waals surface area (Å²) in [5, 5.41) is 0. The summed E-state index contributed by atoms with van der Waals surface area (Å²) < 4.78 is 10.6. The van der Waals surface area contributed by atoms with Crippen molar-refractivity contribution in [1.29, 1.82) is 0 Å². The normalized spacial score (nSPS) is 36.3. The smallest absolute Gasteiger partial charge is 0.340 e. The standard InChI is InChI=1S/C12H20O3/c1-3-14-11(13)12(2)10(15-12)9-7-5-4-6-8-9/h9-10H,3-8H2,1-2H3/t10-,12+/m1/s1. The van der Waals surface area contributed by atoms with Crippen LogP contribution in [0, 0.1) is 5.92 Å². The van der Waals surface area contributed by atoms with Crippen LogP contribution < -0.4 is 0 Å². The molecule has 1 aliphatic heterocycles. The van der Waals surface area contributed by atoms with Gasteiger partial charge in [-0.2, -0.15) is 0 Å². The lowest BCUT2D eigenvalue weighted by atomic mass is 9.83. The Kier molecular flexibility index (Phi) is 3.01. The number of carbonyl (C=O) groups is 1. The molecule has 1 saturated carbocycles. The van der Waals surface area contributed by atoms with Gasteiger partial charge in [0.05, 0.1) is 6.61 Å². The molecule has 3 nitrogen and oxygen atoms in total. The second-order valence-corrected chi connectivity index (χ2v) is 4.76. The maximum atomic E-state index is 11.6. The van der Waals surface area contributed by atoms with Crippen LogP contribution in [0.25, 0.3) is 0 Å². The second-order valence-electron chi connectivity index (χ2n) is 4.76. The summed E-state index contributed by atoms with van der Waals surface area (Å²) in [5.74, 6) is 0.397. The van der Waals surface area contributed by atoms with Crippen molar-refractivity contribution >= 4 is 5.97 Å². The van der Waals surface area contributed by atoms with E-state index in [0.717, 1.165) is 0 Å². The van der Waals surface area contributed by atoms with Crippen molar-refractivity contribution in [2.24, 2.45) is 5.92 Å². The summed E-state index contributed by atoms with van der Waals surface area (Å²) in [6.07, 6.45) is 6.43. The maximum absolute atomic E-state index is 11.6. The van der Waals surface area contributed by atoms with Gasteiger partial charge in [0.2, 0.25) is 0 Å². The van der Waals surface area contributed by atoms with E-state index in [1.807, 2.05) is 13.8 Å². The fourth-order valence-corrected chi connectivity index (χ4v) is 2.65. The molecule has 1 heterocycles. The molecular formula is C12H20O3. The van der Waals surface area contributed by atoms with Gasteiger partial charge < -0.3 is 9.47 Å². The number of epoxide rings is 1. The molecule has 0 unspecified atom stereocenters. The van der Waals surface area contributed by atoms with E-state index in [0.29, 0.717) is 12.5 Å².